The van der Waals surface area contributed by atoms with E-state index in [4.69, 9.17) is 35.4 Å². The van der Waals surface area contributed by atoms with Crippen molar-refractivity contribution in [3.8, 4) is 0 Å². The molecular formula is C14H17Cl2N3S. The van der Waals surface area contributed by atoms with Crippen LogP contribution in [0.4, 0.5) is 0 Å². The number of nitrogens with zero attached hydrogens (tertiary/aromatic N) is 2. The molecule has 0 bridgehead atoms. The van der Waals surface area contributed by atoms with Gasteiger partial charge in [0.15, 0.2) is 4.77 Å². The molecule has 1 fully saturated rings. The van der Waals surface area contributed by atoms with Gasteiger partial charge in [-0.2, -0.15) is 0 Å². The molecule has 1 aromatic carbocycles. The predicted molar refractivity (Wildman–Crippen MR) is 87.5 cm³/mol. The van der Waals surface area contributed by atoms with E-state index in [1.807, 2.05) is 12.1 Å². The summed E-state index contributed by atoms with van der Waals surface area (Å²) in [6.45, 7) is 5.50. The van der Waals surface area contributed by atoms with E-state index in [-0.39, 0.29) is 0 Å². The van der Waals surface area contributed by atoms with E-state index in [9.17, 15) is 0 Å². The van der Waals surface area contributed by atoms with Gasteiger partial charge in [-0.1, -0.05) is 30.1 Å². The van der Waals surface area contributed by atoms with Crippen molar-refractivity contribution in [3.63, 3.8) is 0 Å². The van der Waals surface area contributed by atoms with Crippen LogP contribution in [-0.2, 0) is 0 Å². The second kappa shape index (κ2) is 5.68. The first-order valence-electron chi connectivity index (χ1n) is 6.91. The molecule has 1 aliphatic heterocycles. The van der Waals surface area contributed by atoms with Gasteiger partial charge < -0.3 is 14.5 Å². The summed E-state index contributed by atoms with van der Waals surface area (Å²) in [5.74, 6) is 0. The molecule has 2 aromatic rings. The Hall–Kier alpha value is -0.550. The molecule has 1 aliphatic rings. The lowest BCUT2D eigenvalue weighted by atomic mass is 10.1. The molecule has 3 rings (SSSR count). The van der Waals surface area contributed by atoms with Crippen LogP contribution in [0, 0.1) is 4.77 Å². The van der Waals surface area contributed by atoms with Crippen molar-refractivity contribution in [2.75, 3.05) is 19.6 Å². The highest BCUT2D eigenvalue weighted by Crippen LogP contribution is 2.31. The number of rotatable bonds is 2. The van der Waals surface area contributed by atoms with E-state index in [1.165, 1.54) is 13.0 Å². The molecule has 1 aromatic heterocycles. The molecule has 6 heteroatoms. The number of aromatic amines is 1. The van der Waals surface area contributed by atoms with Crippen molar-refractivity contribution in [2.45, 2.75) is 25.8 Å². The average Bonchev–Trinajstić information content (AvgIpc) is 2.74. The van der Waals surface area contributed by atoms with Gasteiger partial charge in [-0.25, -0.2) is 0 Å². The van der Waals surface area contributed by atoms with Crippen LogP contribution in [0.15, 0.2) is 12.1 Å². The molecule has 0 spiro atoms. The maximum atomic E-state index is 6.16. The molecule has 1 unspecified atom stereocenters. The molecule has 1 atom stereocenters. The zero-order valence-electron chi connectivity index (χ0n) is 11.3. The number of benzene rings is 1. The lowest BCUT2D eigenvalue weighted by molar-refractivity contribution is 0.187. The fourth-order valence-corrected chi connectivity index (χ4v) is 3.69. The summed E-state index contributed by atoms with van der Waals surface area (Å²) in [4.78, 5) is 5.71. The van der Waals surface area contributed by atoms with E-state index in [2.05, 4.69) is 21.4 Å². The zero-order chi connectivity index (χ0) is 14.3. The lowest BCUT2D eigenvalue weighted by Crippen LogP contribution is -2.36. The van der Waals surface area contributed by atoms with Crippen molar-refractivity contribution in [2.24, 2.45) is 0 Å². The van der Waals surface area contributed by atoms with Crippen LogP contribution in [-0.4, -0.2) is 34.1 Å². The van der Waals surface area contributed by atoms with Crippen molar-refractivity contribution < 1.29 is 0 Å². The average molecular weight is 330 g/mol. The van der Waals surface area contributed by atoms with Crippen LogP contribution < -0.4 is 0 Å². The maximum Gasteiger partial charge on any atom is 0.178 e. The standard InChI is InChI=1S/C14H17Cl2N3S/c1-2-18-5-3-4-9(8-18)19-13-7-11(16)10(15)6-12(13)17-14(19)20/h6-7,9H,2-5,8H2,1H3,(H,17,20). The Kier molecular flexibility index (Phi) is 4.09. The van der Waals surface area contributed by atoms with Crippen LogP contribution in [0.25, 0.3) is 11.0 Å². The highest BCUT2D eigenvalue weighted by atomic mass is 35.5. The maximum absolute atomic E-state index is 6.16. The monoisotopic (exact) mass is 329 g/mol. The molecular weight excluding hydrogens is 313 g/mol. The predicted octanol–water partition coefficient (Wildman–Crippen LogP) is 4.66. The minimum Gasteiger partial charge on any atom is -0.331 e. The summed E-state index contributed by atoms with van der Waals surface area (Å²) in [6, 6.07) is 4.17. The molecule has 20 heavy (non-hydrogen) atoms. The Bertz CT molecular complexity index is 692. The van der Waals surface area contributed by atoms with Gasteiger partial charge in [-0.3, -0.25) is 0 Å². The number of piperidine rings is 1. The van der Waals surface area contributed by atoms with E-state index in [0.29, 0.717) is 16.1 Å². The number of H-pyrrole nitrogens is 1. The molecule has 0 amide bonds. The number of hydrogen-bond donors (Lipinski definition) is 1. The smallest absolute Gasteiger partial charge is 0.178 e. The number of aromatic nitrogens is 2. The lowest BCUT2D eigenvalue weighted by Gasteiger charge is -2.32. The Balaban J connectivity index is 2.08. The van der Waals surface area contributed by atoms with Gasteiger partial charge in [0, 0.05) is 12.6 Å². The number of imidazole rings is 1. The second-order valence-corrected chi connectivity index (χ2v) is 6.47. The van der Waals surface area contributed by atoms with E-state index >= 15 is 0 Å². The molecule has 1 saturated heterocycles. The molecule has 0 saturated carbocycles. The summed E-state index contributed by atoms with van der Waals surface area (Å²) < 4.78 is 2.95. The molecule has 2 heterocycles. The molecule has 0 radical (unpaired) electrons. The first-order chi connectivity index (χ1) is 9.60. The molecule has 108 valence electrons. The fraction of sp³-hybridized carbons (Fsp3) is 0.500. The summed E-state index contributed by atoms with van der Waals surface area (Å²) >= 11 is 17.7. The van der Waals surface area contributed by atoms with Crippen LogP contribution in [0.3, 0.4) is 0 Å². The molecule has 0 aliphatic carbocycles. The van der Waals surface area contributed by atoms with Crippen molar-refractivity contribution >= 4 is 46.5 Å². The minimum atomic E-state index is 0.405. The topological polar surface area (TPSA) is 24.0 Å². The van der Waals surface area contributed by atoms with Gasteiger partial charge in [0.05, 0.1) is 21.1 Å². The van der Waals surface area contributed by atoms with Crippen LogP contribution in [0.1, 0.15) is 25.8 Å². The van der Waals surface area contributed by atoms with Crippen LogP contribution in [0.2, 0.25) is 10.0 Å². The van der Waals surface area contributed by atoms with Gasteiger partial charge in [-0.05, 0) is 50.3 Å². The zero-order valence-corrected chi connectivity index (χ0v) is 13.7. The highest BCUT2D eigenvalue weighted by molar-refractivity contribution is 7.71. The third-order valence-corrected chi connectivity index (χ3v) is 5.07. The Morgan fingerprint density at radius 2 is 2.10 bits per heavy atom. The Morgan fingerprint density at radius 3 is 2.85 bits per heavy atom. The number of likely N-dealkylation sites (N-methyl/N-ethyl adjacent to an activating group) is 1. The summed E-state index contributed by atoms with van der Waals surface area (Å²) in [5, 5.41) is 1.13. The first kappa shape index (κ1) is 14.4. The van der Waals surface area contributed by atoms with Gasteiger partial charge in [-0.15, -0.1) is 0 Å². The third-order valence-electron chi connectivity index (χ3n) is 4.05. The van der Waals surface area contributed by atoms with Crippen molar-refractivity contribution in [1.82, 2.24) is 14.5 Å². The minimum absolute atomic E-state index is 0.405. The molecule has 1 N–H and O–H groups in total. The Morgan fingerprint density at radius 1 is 1.35 bits per heavy atom. The number of fused-ring (bicyclic) bond motifs is 1. The van der Waals surface area contributed by atoms with Crippen molar-refractivity contribution in [1.29, 1.82) is 0 Å². The summed E-state index contributed by atoms with van der Waals surface area (Å²) in [6.07, 6.45) is 2.35. The van der Waals surface area contributed by atoms with Crippen molar-refractivity contribution in [3.05, 3.63) is 26.9 Å². The fourth-order valence-electron chi connectivity index (χ4n) is 3.01. The van der Waals surface area contributed by atoms with E-state index < -0.39 is 0 Å². The summed E-state index contributed by atoms with van der Waals surface area (Å²) in [5.41, 5.74) is 2.00. The van der Waals surface area contributed by atoms with Gasteiger partial charge >= 0.3 is 0 Å². The van der Waals surface area contributed by atoms with Crippen LogP contribution >= 0.6 is 35.4 Å². The van der Waals surface area contributed by atoms with Crippen LogP contribution in [0.5, 0.6) is 0 Å². The number of halogens is 2. The van der Waals surface area contributed by atoms with Gasteiger partial charge in [0.2, 0.25) is 0 Å². The first-order valence-corrected chi connectivity index (χ1v) is 8.08. The molecule has 3 nitrogen and oxygen atoms in total. The highest BCUT2D eigenvalue weighted by Gasteiger charge is 2.22. The quantitative estimate of drug-likeness (QED) is 0.810. The number of likely N-dealkylation sites (tertiary alicyclic amines) is 1. The largest absolute Gasteiger partial charge is 0.331 e. The third kappa shape index (κ3) is 2.50. The van der Waals surface area contributed by atoms with E-state index in [1.54, 1.807) is 0 Å². The summed E-state index contributed by atoms with van der Waals surface area (Å²) in [7, 11) is 0. The number of nitrogens with one attached hydrogen (secondary N) is 1. The van der Waals surface area contributed by atoms with Gasteiger partial charge in [0.1, 0.15) is 0 Å². The SMILES string of the molecule is CCN1CCCC(n2c(=S)[nH]c3cc(Cl)c(Cl)cc32)C1. The Labute approximate surface area is 133 Å². The van der Waals surface area contributed by atoms with Gasteiger partial charge in [0.25, 0.3) is 0 Å². The van der Waals surface area contributed by atoms with E-state index in [0.717, 1.165) is 35.3 Å². The normalized spacial score (nSPS) is 20.6. The second-order valence-electron chi connectivity index (χ2n) is 5.27. The number of hydrogen-bond acceptors (Lipinski definition) is 2.